The van der Waals surface area contributed by atoms with E-state index < -0.39 is 0 Å². The standard InChI is InChI=1S/C20H26N6O3/c1-13-19(14(2)25(3)24-13)23-18(27)12-26(9-10-29-4)11-17-21-16-8-6-5-7-15(16)20(28)22-17/h5-8H,9-12H2,1-4H3,(H,23,27)(H,21,22,28)/p+1. The van der Waals surface area contributed by atoms with Crippen LogP contribution in [-0.4, -0.2) is 52.5 Å². The lowest BCUT2D eigenvalue weighted by Gasteiger charge is -2.18. The van der Waals surface area contributed by atoms with Crippen LogP contribution in [0.4, 0.5) is 5.69 Å². The van der Waals surface area contributed by atoms with E-state index in [2.05, 4.69) is 20.4 Å². The van der Waals surface area contributed by atoms with E-state index in [-0.39, 0.29) is 18.0 Å². The van der Waals surface area contributed by atoms with E-state index in [0.717, 1.165) is 22.0 Å². The number of hydrogen-bond acceptors (Lipinski definition) is 5. The minimum absolute atomic E-state index is 0.126. The Morgan fingerprint density at radius 3 is 2.76 bits per heavy atom. The molecule has 154 valence electrons. The molecule has 0 aliphatic heterocycles. The number of H-pyrrole nitrogens is 1. The minimum Gasteiger partial charge on any atom is -0.379 e. The summed E-state index contributed by atoms with van der Waals surface area (Å²) >= 11 is 0. The van der Waals surface area contributed by atoms with Gasteiger partial charge in [0.05, 0.1) is 34.6 Å². The predicted molar refractivity (Wildman–Crippen MR) is 110 cm³/mol. The number of benzene rings is 1. The highest BCUT2D eigenvalue weighted by Gasteiger charge is 2.19. The number of nitrogens with one attached hydrogen (secondary N) is 3. The van der Waals surface area contributed by atoms with Crippen LogP contribution in [0.15, 0.2) is 29.1 Å². The molecule has 29 heavy (non-hydrogen) atoms. The number of ether oxygens (including phenoxy) is 1. The number of aryl methyl sites for hydroxylation is 2. The van der Waals surface area contributed by atoms with Crippen molar-refractivity contribution in [3.8, 4) is 0 Å². The Kier molecular flexibility index (Phi) is 6.40. The molecule has 3 N–H and O–H groups in total. The van der Waals surface area contributed by atoms with Gasteiger partial charge in [-0.2, -0.15) is 5.10 Å². The second-order valence-corrected chi connectivity index (χ2v) is 7.09. The van der Waals surface area contributed by atoms with Gasteiger partial charge in [0.25, 0.3) is 11.5 Å². The number of aromatic nitrogens is 4. The third kappa shape index (κ3) is 4.87. The first-order valence-corrected chi connectivity index (χ1v) is 9.49. The van der Waals surface area contributed by atoms with Gasteiger partial charge in [0.2, 0.25) is 0 Å². The van der Waals surface area contributed by atoms with Crippen LogP contribution in [0.25, 0.3) is 10.9 Å². The molecule has 0 radical (unpaired) electrons. The van der Waals surface area contributed by atoms with Crippen molar-refractivity contribution >= 4 is 22.5 Å². The van der Waals surface area contributed by atoms with Crippen LogP contribution in [0, 0.1) is 13.8 Å². The Morgan fingerprint density at radius 2 is 2.07 bits per heavy atom. The number of quaternary nitrogens is 1. The largest absolute Gasteiger partial charge is 0.379 e. The summed E-state index contributed by atoms with van der Waals surface area (Å²) < 4.78 is 6.93. The third-order valence-electron chi connectivity index (χ3n) is 4.92. The maximum absolute atomic E-state index is 12.7. The van der Waals surface area contributed by atoms with Crippen molar-refractivity contribution in [2.75, 3.05) is 32.1 Å². The van der Waals surface area contributed by atoms with Crippen molar-refractivity contribution in [2.24, 2.45) is 7.05 Å². The van der Waals surface area contributed by atoms with Gasteiger partial charge in [0.15, 0.2) is 12.4 Å². The third-order valence-corrected chi connectivity index (χ3v) is 4.92. The number of hydrogen-bond donors (Lipinski definition) is 3. The Morgan fingerprint density at radius 1 is 1.31 bits per heavy atom. The topological polar surface area (TPSA) is 106 Å². The molecule has 1 unspecified atom stereocenters. The molecule has 0 bridgehead atoms. The zero-order valence-electron chi connectivity index (χ0n) is 17.2. The summed E-state index contributed by atoms with van der Waals surface area (Å²) in [6, 6.07) is 7.21. The van der Waals surface area contributed by atoms with E-state index in [9.17, 15) is 9.59 Å². The van der Waals surface area contributed by atoms with Gasteiger partial charge in [0.1, 0.15) is 13.1 Å². The first-order valence-electron chi connectivity index (χ1n) is 9.49. The quantitative estimate of drug-likeness (QED) is 0.492. The lowest BCUT2D eigenvalue weighted by molar-refractivity contribution is -0.906. The highest BCUT2D eigenvalue weighted by atomic mass is 16.5. The first kappa shape index (κ1) is 20.7. The molecule has 0 fully saturated rings. The van der Waals surface area contributed by atoms with Crippen LogP contribution in [0.3, 0.4) is 0 Å². The van der Waals surface area contributed by atoms with Crippen molar-refractivity contribution < 1.29 is 14.4 Å². The highest BCUT2D eigenvalue weighted by Crippen LogP contribution is 2.17. The van der Waals surface area contributed by atoms with Crippen molar-refractivity contribution in [1.82, 2.24) is 19.7 Å². The monoisotopic (exact) mass is 399 g/mol. The lowest BCUT2D eigenvalue weighted by atomic mass is 10.2. The smallest absolute Gasteiger partial charge is 0.279 e. The van der Waals surface area contributed by atoms with Crippen molar-refractivity contribution in [2.45, 2.75) is 20.4 Å². The summed E-state index contributed by atoms with van der Waals surface area (Å²) in [5, 5.41) is 7.83. The van der Waals surface area contributed by atoms with Gasteiger partial charge in [-0.15, -0.1) is 0 Å². The zero-order chi connectivity index (χ0) is 21.0. The van der Waals surface area contributed by atoms with E-state index >= 15 is 0 Å². The second kappa shape index (κ2) is 8.97. The minimum atomic E-state index is -0.178. The van der Waals surface area contributed by atoms with Crippen LogP contribution in [-0.2, 0) is 23.1 Å². The average molecular weight is 399 g/mol. The maximum atomic E-state index is 12.7. The molecule has 0 aliphatic rings. The number of para-hydroxylation sites is 1. The number of carbonyl (C=O) groups excluding carboxylic acids is 1. The maximum Gasteiger partial charge on any atom is 0.279 e. The number of methoxy groups -OCH3 is 1. The number of anilines is 1. The van der Waals surface area contributed by atoms with Crippen molar-refractivity contribution in [3.05, 3.63) is 51.8 Å². The average Bonchev–Trinajstić information content (AvgIpc) is 2.92. The number of fused-ring (bicyclic) bond motifs is 1. The summed E-state index contributed by atoms with van der Waals surface area (Å²) in [7, 11) is 3.46. The summed E-state index contributed by atoms with van der Waals surface area (Å²) in [6.45, 7) is 5.49. The Balaban J connectivity index is 1.75. The number of aromatic amines is 1. The van der Waals surface area contributed by atoms with Gasteiger partial charge in [-0.25, -0.2) is 4.98 Å². The molecular weight excluding hydrogens is 372 g/mol. The van der Waals surface area contributed by atoms with Crippen LogP contribution in [0.2, 0.25) is 0 Å². The van der Waals surface area contributed by atoms with E-state index in [0.29, 0.717) is 36.4 Å². The van der Waals surface area contributed by atoms with E-state index in [1.807, 2.05) is 39.1 Å². The number of carbonyl (C=O) groups is 1. The second-order valence-electron chi connectivity index (χ2n) is 7.09. The molecule has 1 aromatic carbocycles. The number of amides is 1. The highest BCUT2D eigenvalue weighted by molar-refractivity contribution is 5.92. The Bertz CT molecular complexity index is 1070. The lowest BCUT2D eigenvalue weighted by Crippen LogP contribution is -3.12. The molecule has 9 heteroatoms. The van der Waals surface area contributed by atoms with Crippen molar-refractivity contribution in [1.29, 1.82) is 0 Å². The molecule has 0 spiro atoms. The summed E-state index contributed by atoms with van der Waals surface area (Å²) in [6.07, 6.45) is 0. The first-order chi connectivity index (χ1) is 13.9. The molecule has 0 saturated heterocycles. The van der Waals surface area contributed by atoms with Gasteiger partial charge >= 0.3 is 0 Å². The Labute approximate surface area is 168 Å². The zero-order valence-corrected chi connectivity index (χ0v) is 17.2. The fourth-order valence-electron chi connectivity index (χ4n) is 3.31. The molecule has 3 rings (SSSR count). The van der Waals surface area contributed by atoms with Gasteiger partial charge < -0.3 is 19.9 Å². The normalized spacial score (nSPS) is 12.3. The predicted octanol–water partition coefficient (Wildman–Crippen LogP) is -0.0566. The van der Waals surface area contributed by atoms with E-state index in [1.165, 1.54) is 0 Å². The van der Waals surface area contributed by atoms with Gasteiger partial charge in [-0.3, -0.25) is 14.3 Å². The summed E-state index contributed by atoms with van der Waals surface area (Å²) in [5.74, 6) is 0.416. The Hall–Kier alpha value is -3.04. The molecule has 0 aliphatic carbocycles. The van der Waals surface area contributed by atoms with Crippen LogP contribution < -0.4 is 15.8 Å². The van der Waals surface area contributed by atoms with Crippen LogP contribution >= 0.6 is 0 Å². The molecule has 9 nitrogen and oxygen atoms in total. The molecule has 2 aromatic heterocycles. The van der Waals surface area contributed by atoms with E-state index in [4.69, 9.17) is 4.74 Å². The molecule has 3 aromatic rings. The molecule has 1 atom stereocenters. The van der Waals surface area contributed by atoms with Gasteiger partial charge in [0, 0.05) is 14.2 Å². The summed E-state index contributed by atoms with van der Waals surface area (Å²) in [4.78, 5) is 33.3. The van der Waals surface area contributed by atoms with Crippen molar-refractivity contribution in [3.63, 3.8) is 0 Å². The number of nitrogens with zero attached hydrogens (tertiary/aromatic N) is 3. The number of rotatable bonds is 8. The molecule has 2 heterocycles. The SMILES string of the molecule is COCC[NH+](CC(=O)Nc1c(C)nn(C)c1C)Cc1nc2ccccc2c(=O)[nH]1. The summed E-state index contributed by atoms with van der Waals surface area (Å²) in [5.41, 5.74) is 2.87. The fraction of sp³-hybridized carbons (Fsp3) is 0.400. The fourth-order valence-corrected chi connectivity index (χ4v) is 3.31. The van der Waals surface area contributed by atoms with Crippen LogP contribution in [0.1, 0.15) is 17.2 Å². The van der Waals surface area contributed by atoms with Gasteiger partial charge in [-0.1, -0.05) is 12.1 Å². The molecule has 0 saturated carbocycles. The van der Waals surface area contributed by atoms with E-state index in [1.54, 1.807) is 17.9 Å². The molecule has 1 amide bonds. The molecular formula is C20H27N6O3+. The van der Waals surface area contributed by atoms with Gasteiger partial charge in [-0.05, 0) is 26.0 Å². The van der Waals surface area contributed by atoms with Crippen LogP contribution in [0.5, 0.6) is 0 Å².